The Labute approximate surface area is 363 Å². The minimum absolute atomic E-state index is 0.00559. The van der Waals surface area contributed by atoms with E-state index in [-0.39, 0.29) is 43.2 Å². The van der Waals surface area contributed by atoms with Gasteiger partial charge in [-0.25, -0.2) is 4.79 Å². The molecule has 4 heterocycles. The van der Waals surface area contributed by atoms with E-state index >= 15 is 0 Å². The smallest absolute Gasteiger partial charge is 0.360 e. The lowest BCUT2D eigenvalue weighted by Gasteiger charge is -2.46. The van der Waals surface area contributed by atoms with E-state index in [2.05, 4.69) is 10.3 Å². The highest BCUT2D eigenvalue weighted by molar-refractivity contribution is 5.98. The molecule has 19 nitrogen and oxygen atoms in total. The van der Waals surface area contributed by atoms with E-state index in [1.807, 2.05) is 19.9 Å². The minimum atomic E-state index is -1.50. The highest BCUT2D eigenvalue weighted by Gasteiger charge is 2.51. The number of allylic oxidation sites excluding steroid dienone is 2. The predicted molar refractivity (Wildman–Crippen MR) is 219 cm³/mol. The zero-order valence-corrected chi connectivity index (χ0v) is 37.6. The molecule has 62 heavy (non-hydrogen) atoms. The Bertz CT molecular complexity index is 1720. The Balaban J connectivity index is 1.55. The minimum Gasteiger partial charge on any atom is -0.462 e. The number of aryl methyl sites for hydroxylation is 1. The van der Waals surface area contributed by atoms with Gasteiger partial charge in [-0.05, 0) is 67.0 Å². The number of esters is 2. The van der Waals surface area contributed by atoms with Crippen molar-refractivity contribution in [3.63, 3.8) is 0 Å². The van der Waals surface area contributed by atoms with Crippen LogP contribution in [0.1, 0.15) is 77.7 Å². The van der Waals surface area contributed by atoms with Gasteiger partial charge in [-0.3, -0.25) is 14.3 Å². The highest BCUT2D eigenvalue weighted by Crippen LogP contribution is 2.42. The number of fused-ring (bicyclic) bond motifs is 1. The molecule has 0 radical (unpaired) electrons. The van der Waals surface area contributed by atoms with Crippen LogP contribution in [0.2, 0.25) is 0 Å². The van der Waals surface area contributed by atoms with Gasteiger partial charge in [-0.1, -0.05) is 36.8 Å². The fraction of sp³-hybridized carbons (Fsp3) is 0.791. The maximum Gasteiger partial charge on any atom is 0.360 e. The molecule has 0 spiro atoms. The van der Waals surface area contributed by atoms with Crippen LogP contribution < -0.4 is 0 Å². The van der Waals surface area contributed by atoms with E-state index in [9.17, 15) is 34.8 Å². The molecule has 3 fully saturated rings. The van der Waals surface area contributed by atoms with Crippen molar-refractivity contribution >= 4 is 17.7 Å². The summed E-state index contributed by atoms with van der Waals surface area (Å²) in [5.74, 6) is -4.37. The summed E-state index contributed by atoms with van der Waals surface area (Å²) < 4.78 is 49.1. The van der Waals surface area contributed by atoms with Crippen molar-refractivity contribution in [1.29, 1.82) is 0 Å². The Morgan fingerprint density at radius 1 is 0.952 bits per heavy atom. The summed E-state index contributed by atoms with van der Waals surface area (Å²) in [5.41, 5.74) is 0.877. The van der Waals surface area contributed by atoms with E-state index in [4.69, 9.17) is 37.9 Å². The number of ether oxygens (including phenoxy) is 8. The van der Waals surface area contributed by atoms with Crippen LogP contribution in [0.25, 0.3) is 0 Å². The van der Waals surface area contributed by atoms with Gasteiger partial charge in [0, 0.05) is 44.1 Å². The summed E-state index contributed by atoms with van der Waals surface area (Å²) in [7, 11) is 6.38. The number of carbonyl (C=O) groups is 3. The van der Waals surface area contributed by atoms with E-state index in [1.165, 1.54) is 25.1 Å². The molecule has 5 rings (SSSR count). The van der Waals surface area contributed by atoms with Crippen LogP contribution in [0, 0.1) is 23.7 Å². The van der Waals surface area contributed by atoms with Gasteiger partial charge in [0.25, 0.3) is 0 Å². The number of ketones is 1. The van der Waals surface area contributed by atoms with Crippen molar-refractivity contribution < 1.29 is 72.7 Å². The molecular weight excluding hydrogens is 812 g/mol. The van der Waals surface area contributed by atoms with Crippen LogP contribution in [0.5, 0.6) is 0 Å². The van der Waals surface area contributed by atoms with Gasteiger partial charge in [-0.2, -0.15) is 0 Å². The number of aliphatic hydroxyl groups is 4. The highest BCUT2D eigenvalue weighted by atomic mass is 16.7. The first-order valence-corrected chi connectivity index (χ1v) is 21.7. The molecular formula is C43H68N4O15. The zero-order chi connectivity index (χ0) is 45.6. The van der Waals surface area contributed by atoms with Crippen LogP contribution in [0.3, 0.4) is 0 Å². The molecule has 2 saturated heterocycles. The average molecular weight is 881 g/mol. The number of carbonyl (C=O) groups excluding carboxylic acids is 3. The van der Waals surface area contributed by atoms with Crippen LogP contribution in [0.4, 0.5) is 0 Å². The standard InChI is InChI=1S/C43H68N4O15/c1-11-30-26(20-58-43-40(56-10)39(55-9)36(52)24(6)60-43)15-21(3)16-27-32(29(48)18-31(49)61-30)38(62-42-37(53)33(46(7)8)35(51)23(5)59-42)25(17-22(4)34(27)50)13-14-47-19-28(44-45-47)41(54)57-12-2/h15-16,19,22-26,29-30,32-33,35-40,42-43,48,51-53H,11-14,17-18,20H2,1-10H3/b21-15+,27-16+/t22-,23-,24?,25+,26-,29-,30-,32+,33?,35?,36?,37?,38+,39?,40?,42+,43?/m1/s1. The van der Waals surface area contributed by atoms with Crippen molar-refractivity contribution in [3.05, 3.63) is 35.2 Å². The van der Waals surface area contributed by atoms with Crippen LogP contribution in [-0.2, 0) is 54.0 Å². The molecule has 17 atom stereocenters. The summed E-state index contributed by atoms with van der Waals surface area (Å²) in [6.45, 7) is 10.9. The third-order valence-corrected chi connectivity index (χ3v) is 12.6. The molecule has 1 aromatic rings. The van der Waals surface area contributed by atoms with Crippen LogP contribution in [0.15, 0.2) is 29.5 Å². The number of rotatable bonds is 14. The largest absolute Gasteiger partial charge is 0.462 e. The molecule has 1 aliphatic carbocycles. The summed E-state index contributed by atoms with van der Waals surface area (Å²) in [5, 5.41) is 53.7. The number of nitrogens with zero attached hydrogens (tertiary/aromatic N) is 4. The summed E-state index contributed by atoms with van der Waals surface area (Å²) in [4.78, 5) is 42.6. The van der Waals surface area contributed by atoms with Gasteiger partial charge in [0.1, 0.15) is 30.5 Å². The maximum atomic E-state index is 14.7. The van der Waals surface area contributed by atoms with E-state index in [0.29, 0.717) is 18.4 Å². The molecule has 1 saturated carbocycles. The SMILES string of the molecule is CCOC(=O)c1cn(CC[C@H]2C[C@@H](C)C(=O)/C3=C/C(C)=C/[C@H](COC4OC(C)C(O)C(OC)C4OC)[C@@H](CC)OC(=O)C[C@@H](O)[C@H]3[C@H]2O[C@@H]2O[C@H](C)C(O)C(N(C)C)C2O)nn1. The second-order valence-electron chi connectivity index (χ2n) is 17.2. The first kappa shape index (κ1) is 49.8. The van der Waals surface area contributed by atoms with E-state index in [0.717, 1.165) is 0 Å². The number of Topliss-reactive ketones (excluding diaryl/α,β-unsaturated/α-hetero) is 1. The Hall–Kier alpha value is -3.21. The second kappa shape index (κ2) is 22.1. The second-order valence-corrected chi connectivity index (χ2v) is 17.2. The monoisotopic (exact) mass is 880 g/mol. The number of hydrogen-bond acceptors (Lipinski definition) is 18. The van der Waals surface area contributed by atoms with Gasteiger partial charge in [0.05, 0.1) is 62.4 Å². The van der Waals surface area contributed by atoms with Crippen LogP contribution >= 0.6 is 0 Å². The lowest BCUT2D eigenvalue weighted by molar-refractivity contribution is -0.304. The quantitative estimate of drug-likeness (QED) is 0.192. The predicted octanol–water partition coefficient (Wildman–Crippen LogP) is 1.20. The van der Waals surface area contributed by atoms with Gasteiger partial charge in [0.15, 0.2) is 24.1 Å². The fourth-order valence-corrected chi connectivity index (χ4v) is 9.31. The number of aromatic nitrogens is 3. The van der Waals surface area contributed by atoms with Crippen molar-refractivity contribution in [3.8, 4) is 0 Å². The third kappa shape index (κ3) is 11.4. The number of likely N-dealkylation sites (N-methyl/N-ethyl adjacent to an activating group) is 1. The van der Waals surface area contributed by atoms with E-state index in [1.54, 1.807) is 52.8 Å². The van der Waals surface area contributed by atoms with Crippen molar-refractivity contribution in [2.75, 3.05) is 41.5 Å². The van der Waals surface area contributed by atoms with Crippen molar-refractivity contribution in [1.82, 2.24) is 19.9 Å². The molecule has 0 bridgehead atoms. The van der Waals surface area contributed by atoms with Crippen molar-refractivity contribution in [2.24, 2.45) is 23.7 Å². The van der Waals surface area contributed by atoms with Gasteiger partial charge < -0.3 is 63.2 Å². The molecule has 8 unspecified atom stereocenters. The first-order valence-electron chi connectivity index (χ1n) is 21.7. The molecule has 0 amide bonds. The average Bonchev–Trinajstić information content (AvgIpc) is 3.67. The zero-order valence-electron chi connectivity index (χ0n) is 37.6. The van der Waals surface area contributed by atoms with Gasteiger partial charge in [0.2, 0.25) is 0 Å². The molecule has 350 valence electrons. The number of aliphatic hydroxyl groups excluding tert-OH is 4. The van der Waals surface area contributed by atoms with Crippen LogP contribution in [-0.4, -0.2) is 179 Å². The summed E-state index contributed by atoms with van der Waals surface area (Å²) in [6.07, 6.45) is -6.25. The summed E-state index contributed by atoms with van der Waals surface area (Å²) >= 11 is 0. The van der Waals surface area contributed by atoms with Crippen molar-refractivity contribution in [2.45, 2.75) is 153 Å². The first-order chi connectivity index (χ1) is 29.4. The molecule has 3 aliphatic heterocycles. The lowest BCUT2D eigenvalue weighted by atomic mass is 9.79. The third-order valence-electron chi connectivity index (χ3n) is 12.6. The fourth-order valence-electron chi connectivity index (χ4n) is 9.31. The number of cyclic esters (lactones) is 1. The molecule has 19 heteroatoms. The summed E-state index contributed by atoms with van der Waals surface area (Å²) in [6, 6.07) is -0.783. The molecule has 4 N–H and O–H groups in total. The Morgan fingerprint density at radius 3 is 2.27 bits per heavy atom. The van der Waals surface area contributed by atoms with Gasteiger partial charge >= 0.3 is 11.9 Å². The Morgan fingerprint density at radius 2 is 1.63 bits per heavy atom. The topological polar surface area (TPSA) is 240 Å². The maximum absolute atomic E-state index is 14.7. The van der Waals surface area contributed by atoms with E-state index < -0.39 is 122 Å². The normalized spacial score (nSPS) is 40.3. The number of methoxy groups -OCH3 is 2. The molecule has 0 aromatic carbocycles. The van der Waals surface area contributed by atoms with Gasteiger partial charge in [-0.15, -0.1) is 5.10 Å². The molecule has 4 aliphatic rings. The number of hydrogen-bond donors (Lipinski definition) is 4. The lowest BCUT2D eigenvalue weighted by Crippen LogP contribution is -2.63. The molecule has 1 aromatic heterocycles. The Kier molecular flexibility index (Phi) is 17.8.